The number of amides is 2. The van der Waals surface area contributed by atoms with E-state index in [0.717, 1.165) is 16.4 Å². The fourth-order valence-corrected chi connectivity index (χ4v) is 5.56. The molecule has 210 valence electrons. The van der Waals surface area contributed by atoms with Crippen LogP contribution in [-0.4, -0.2) is 78.7 Å². The van der Waals surface area contributed by atoms with Crippen molar-refractivity contribution in [2.75, 3.05) is 47.2 Å². The summed E-state index contributed by atoms with van der Waals surface area (Å²) in [5.41, 5.74) is 3.30. The molecule has 5 rings (SSSR count). The Bertz CT molecular complexity index is 1600. The number of benzene rings is 3. The zero-order valence-corrected chi connectivity index (χ0v) is 23.2. The predicted octanol–water partition coefficient (Wildman–Crippen LogP) is 4.51. The first-order valence-electron chi connectivity index (χ1n) is 13.1. The second-order valence-corrected chi connectivity index (χ2v) is 9.88. The number of halogens is 1. The number of nitrogens with zero attached hydrogens (tertiary/aromatic N) is 2. The highest BCUT2D eigenvalue weighted by Gasteiger charge is 2.40. The first-order valence-corrected chi connectivity index (χ1v) is 13.5. The molecule has 3 aromatic carbocycles. The number of carbonyl (C=O) groups is 2. The highest BCUT2D eigenvalue weighted by atomic mass is 35.5. The molecule has 1 aliphatic rings. The van der Waals surface area contributed by atoms with E-state index in [1.165, 1.54) is 12.0 Å². The second kappa shape index (κ2) is 11.9. The quantitative estimate of drug-likeness (QED) is 0.192. The minimum absolute atomic E-state index is 0.00145. The van der Waals surface area contributed by atoms with E-state index < -0.39 is 11.8 Å². The number of carbonyl (C=O) groups excluding carboxylic acids is 2. The van der Waals surface area contributed by atoms with E-state index in [4.69, 9.17) is 25.8 Å². The molecular formula is C30H31ClN2O7. The van der Waals surface area contributed by atoms with Gasteiger partial charge in [0.2, 0.25) is 0 Å². The van der Waals surface area contributed by atoms with Crippen molar-refractivity contribution in [1.29, 1.82) is 0 Å². The van der Waals surface area contributed by atoms with Crippen LogP contribution in [0, 0.1) is 0 Å². The topological polar surface area (TPSA) is 110 Å². The molecule has 2 heterocycles. The molecule has 2 amide bonds. The lowest BCUT2D eigenvalue weighted by Crippen LogP contribution is -2.31. The van der Waals surface area contributed by atoms with E-state index in [1.807, 2.05) is 41.0 Å². The largest absolute Gasteiger partial charge is 0.493 e. The molecule has 0 radical (unpaired) electrons. The summed E-state index contributed by atoms with van der Waals surface area (Å²) in [4.78, 5) is 28.9. The molecule has 0 spiro atoms. The van der Waals surface area contributed by atoms with Gasteiger partial charge in [-0.1, -0.05) is 29.8 Å². The summed E-state index contributed by atoms with van der Waals surface area (Å²) in [6.45, 7) is 1.12. The average Bonchev–Trinajstić information content (AvgIpc) is 3.39. The Morgan fingerprint density at radius 1 is 0.825 bits per heavy atom. The van der Waals surface area contributed by atoms with Crippen molar-refractivity contribution in [2.24, 2.45) is 0 Å². The van der Waals surface area contributed by atoms with Gasteiger partial charge in [-0.05, 0) is 30.2 Å². The van der Waals surface area contributed by atoms with Crippen molar-refractivity contribution in [3.05, 3.63) is 58.6 Å². The van der Waals surface area contributed by atoms with Gasteiger partial charge >= 0.3 is 0 Å². The number of aromatic nitrogens is 1. The molecule has 10 heteroatoms. The molecular weight excluding hydrogens is 536 g/mol. The van der Waals surface area contributed by atoms with Crippen molar-refractivity contribution < 1.29 is 34.0 Å². The predicted molar refractivity (Wildman–Crippen MR) is 153 cm³/mol. The number of fused-ring (bicyclic) bond motifs is 5. The zero-order valence-electron chi connectivity index (χ0n) is 22.4. The maximum atomic E-state index is 13.9. The van der Waals surface area contributed by atoms with Gasteiger partial charge in [-0.15, -0.1) is 0 Å². The lowest BCUT2D eigenvalue weighted by Gasteiger charge is -2.13. The van der Waals surface area contributed by atoms with Gasteiger partial charge in [0.25, 0.3) is 11.8 Å². The molecule has 0 unspecified atom stereocenters. The van der Waals surface area contributed by atoms with Gasteiger partial charge in [-0.3, -0.25) is 14.5 Å². The Balaban J connectivity index is 1.88. The van der Waals surface area contributed by atoms with E-state index in [2.05, 4.69) is 0 Å². The minimum Gasteiger partial charge on any atom is -0.493 e. The summed E-state index contributed by atoms with van der Waals surface area (Å²) in [5.74, 6) is 0.133. The monoisotopic (exact) mass is 566 g/mol. The molecule has 0 atom stereocenters. The van der Waals surface area contributed by atoms with Crippen molar-refractivity contribution in [3.63, 3.8) is 0 Å². The summed E-state index contributed by atoms with van der Waals surface area (Å²) < 4.78 is 19.0. The summed E-state index contributed by atoms with van der Waals surface area (Å²) in [5, 5.41) is 20.4. The molecule has 0 saturated heterocycles. The van der Waals surface area contributed by atoms with E-state index in [1.54, 1.807) is 13.2 Å². The van der Waals surface area contributed by atoms with Crippen molar-refractivity contribution >= 4 is 45.2 Å². The summed E-state index contributed by atoms with van der Waals surface area (Å²) in [6.07, 6.45) is 0.733. The van der Waals surface area contributed by atoms with Gasteiger partial charge < -0.3 is 29.0 Å². The van der Waals surface area contributed by atoms with Crippen LogP contribution in [0.5, 0.6) is 11.5 Å². The standard InChI is InChI=1S/C30H31ClN2O7/c1-38-14-10-32-22-17-25(40-13-6-12-35)24(39-2)16-20(22)26-23(32)15-19(18-7-3-4-8-21(18)31)27-28(26)30(37)33(29(27)36)9-5-11-34/h3-4,7-8,15-17,34-35H,5-6,9-14H2,1-2H3. The van der Waals surface area contributed by atoms with Gasteiger partial charge in [0, 0.05) is 67.3 Å². The number of imide groups is 1. The minimum atomic E-state index is -0.418. The lowest BCUT2D eigenvalue weighted by molar-refractivity contribution is 0.0646. The highest BCUT2D eigenvalue weighted by Crippen LogP contribution is 2.46. The molecule has 0 bridgehead atoms. The molecule has 9 nitrogen and oxygen atoms in total. The molecule has 2 N–H and O–H groups in total. The first-order chi connectivity index (χ1) is 19.5. The van der Waals surface area contributed by atoms with Crippen molar-refractivity contribution in [1.82, 2.24) is 9.47 Å². The molecule has 1 aromatic heterocycles. The maximum Gasteiger partial charge on any atom is 0.262 e. The normalized spacial score (nSPS) is 13.1. The fourth-order valence-electron chi connectivity index (χ4n) is 5.32. The van der Waals surface area contributed by atoms with Gasteiger partial charge in [-0.2, -0.15) is 0 Å². The molecule has 1 aliphatic heterocycles. The second-order valence-electron chi connectivity index (χ2n) is 9.48. The molecule has 4 aromatic rings. The van der Waals surface area contributed by atoms with Crippen LogP contribution in [0.1, 0.15) is 33.6 Å². The van der Waals surface area contributed by atoms with E-state index in [9.17, 15) is 19.8 Å². The summed E-state index contributed by atoms with van der Waals surface area (Å²) >= 11 is 6.62. The van der Waals surface area contributed by atoms with E-state index in [-0.39, 0.29) is 31.7 Å². The van der Waals surface area contributed by atoms with Gasteiger partial charge in [0.05, 0.1) is 42.5 Å². The van der Waals surface area contributed by atoms with Crippen LogP contribution in [0.15, 0.2) is 42.5 Å². The lowest BCUT2D eigenvalue weighted by atomic mass is 9.93. The average molecular weight is 567 g/mol. The Labute approximate surface area is 236 Å². The number of methoxy groups -OCH3 is 2. The highest BCUT2D eigenvalue weighted by molar-refractivity contribution is 6.36. The number of hydrogen-bond acceptors (Lipinski definition) is 7. The van der Waals surface area contributed by atoms with Gasteiger partial charge in [0.15, 0.2) is 11.5 Å². The van der Waals surface area contributed by atoms with Crippen LogP contribution >= 0.6 is 11.6 Å². The zero-order chi connectivity index (χ0) is 28.4. The molecule has 40 heavy (non-hydrogen) atoms. The van der Waals surface area contributed by atoms with Crippen LogP contribution in [0.4, 0.5) is 0 Å². The first kappa shape index (κ1) is 27.9. The van der Waals surface area contributed by atoms with Crippen LogP contribution in [-0.2, 0) is 11.3 Å². The third-order valence-corrected chi connectivity index (χ3v) is 7.47. The van der Waals surface area contributed by atoms with Crippen LogP contribution in [0.3, 0.4) is 0 Å². The van der Waals surface area contributed by atoms with Gasteiger partial charge in [-0.25, -0.2) is 0 Å². The Kier molecular flexibility index (Phi) is 8.27. The number of hydrogen-bond donors (Lipinski definition) is 2. The Morgan fingerprint density at radius 3 is 2.27 bits per heavy atom. The Hall–Kier alpha value is -3.63. The maximum absolute atomic E-state index is 13.9. The Morgan fingerprint density at radius 2 is 1.57 bits per heavy atom. The number of aliphatic hydroxyl groups excluding tert-OH is 2. The number of aliphatic hydroxyl groups is 2. The van der Waals surface area contributed by atoms with Crippen LogP contribution in [0.25, 0.3) is 32.9 Å². The van der Waals surface area contributed by atoms with E-state index in [0.29, 0.717) is 64.8 Å². The smallest absolute Gasteiger partial charge is 0.262 e. The van der Waals surface area contributed by atoms with Crippen molar-refractivity contribution in [2.45, 2.75) is 19.4 Å². The summed E-state index contributed by atoms with van der Waals surface area (Å²) in [6, 6.07) is 12.8. The van der Waals surface area contributed by atoms with Crippen molar-refractivity contribution in [3.8, 4) is 22.6 Å². The van der Waals surface area contributed by atoms with Crippen LogP contribution in [0.2, 0.25) is 5.02 Å². The number of ether oxygens (including phenoxy) is 3. The SMILES string of the molecule is COCCn1c2cc(OCCCO)c(OC)cc2c2c3c(c(-c4ccccc4Cl)cc21)C(=O)N(CCCO)C3=O. The van der Waals surface area contributed by atoms with Gasteiger partial charge in [0.1, 0.15) is 0 Å². The molecule has 0 aliphatic carbocycles. The third-order valence-electron chi connectivity index (χ3n) is 7.14. The molecule has 0 fully saturated rings. The number of rotatable bonds is 12. The summed E-state index contributed by atoms with van der Waals surface area (Å²) in [7, 11) is 3.16. The fraction of sp³-hybridized carbons (Fsp3) is 0.333. The third kappa shape index (κ3) is 4.69. The van der Waals surface area contributed by atoms with Crippen LogP contribution < -0.4 is 9.47 Å². The molecule has 0 saturated carbocycles. The van der Waals surface area contributed by atoms with E-state index >= 15 is 0 Å².